The highest BCUT2D eigenvalue weighted by atomic mass is 16.3. The Labute approximate surface area is 95.7 Å². The molecule has 2 rings (SSSR count). The number of rotatable bonds is 2. The van der Waals surface area contributed by atoms with Gasteiger partial charge in [0.25, 0.3) is 5.91 Å². The van der Waals surface area contributed by atoms with Gasteiger partial charge in [-0.3, -0.25) is 4.79 Å². The fraction of sp³-hybridized carbons (Fsp3) is 0.462. The molecule has 86 valence electrons. The number of carbonyl (C=O) groups is 1. The van der Waals surface area contributed by atoms with Gasteiger partial charge >= 0.3 is 0 Å². The Bertz CT molecular complexity index is 372. The molecule has 0 bridgehead atoms. The summed E-state index contributed by atoms with van der Waals surface area (Å²) in [6, 6.07) is 7.71. The van der Waals surface area contributed by atoms with E-state index in [4.69, 9.17) is 0 Å². The Kier molecular flexibility index (Phi) is 3.25. The van der Waals surface area contributed by atoms with Crippen LogP contribution in [0.4, 0.5) is 0 Å². The van der Waals surface area contributed by atoms with Gasteiger partial charge in [-0.05, 0) is 30.5 Å². The molecule has 1 atom stereocenters. The standard InChI is InChI=1S/C13H17NO2/c1-2-10-3-5-11(6-4-10)13(16)14-8-7-12(15)9-14/h3-6,12,15H,2,7-9H2,1H3/t12-/m1/s1. The Hall–Kier alpha value is -1.35. The van der Waals surface area contributed by atoms with E-state index in [-0.39, 0.29) is 12.0 Å². The maximum atomic E-state index is 12.0. The van der Waals surface area contributed by atoms with Crippen molar-refractivity contribution >= 4 is 5.91 Å². The van der Waals surface area contributed by atoms with Crippen molar-refractivity contribution in [2.45, 2.75) is 25.9 Å². The number of amides is 1. The minimum atomic E-state index is -0.348. The fourth-order valence-corrected chi connectivity index (χ4v) is 1.99. The fourth-order valence-electron chi connectivity index (χ4n) is 1.99. The highest BCUT2D eigenvalue weighted by Crippen LogP contribution is 2.14. The third-order valence-corrected chi connectivity index (χ3v) is 3.06. The van der Waals surface area contributed by atoms with E-state index in [0.717, 1.165) is 6.42 Å². The molecule has 1 heterocycles. The lowest BCUT2D eigenvalue weighted by Gasteiger charge is -2.15. The number of aliphatic hydroxyl groups is 1. The lowest BCUT2D eigenvalue weighted by Crippen LogP contribution is -2.29. The maximum Gasteiger partial charge on any atom is 0.253 e. The van der Waals surface area contributed by atoms with Gasteiger partial charge in [0.2, 0.25) is 0 Å². The third-order valence-electron chi connectivity index (χ3n) is 3.06. The van der Waals surface area contributed by atoms with E-state index >= 15 is 0 Å². The van der Waals surface area contributed by atoms with E-state index in [0.29, 0.717) is 25.1 Å². The number of likely N-dealkylation sites (tertiary alicyclic amines) is 1. The second-order valence-electron chi connectivity index (χ2n) is 4.24. The van der Waals surface area contributed by atoms with Crippen LogP contribution < -0.4 is 0 Å². The molecule has 3 nitrogen and oxygen atoms in total. The smallest absolute Gasteiger partial charge is 0.253 e. The monoisotopic (exact) mass is 219 g/mol. The Balaban J connectivity index is 2.08. The highest BCUT2D eigenvalue weighted by Gasteiger charge is 2.25. The molecular weight excluding hydrogens is 202 g/mol. The number of aryl methyl sites for hydroxylation is 1. The Morgan fingerprint density at radius 3 is 2.62 bits per heavy atom. The number of carbonyl (C=O) groups excluding carboxylic acids is 1. The maximum absolute atomic E-state index is 12.0. The van der Waals surface area contributed by atoms with Crippen molar-refractivity contribution < 1.29 is 9.90 Å². The molecule has 16 heavy (non-hydrogen) atoms. The summed E-state index contributed by atoms with van der Waals surface area (Å²) < 4.78 is 0. The molecule has 3 heteroatoms. The predicted octanol–water partition coefficient (Wildman–Crippen LogP) is 1.46. The summed E-state index contributed by atoms with van der Waals surface area (Å²) in [5.74, 6) is 0.0270. The lowest BCUT2D eigenvalue weighted by atomic mass is 10.1. The second-order valence-corrected chi connectivity index (χ2v) is 4.24. The quantitative estimate of drug-likeness (QED) is 0.818. The van der Waals surface area contributed by atoms with Crippen molar-refractivity contribution in [2.75, 3.05) is 13.1 Å². The van der Waals surface area contributed by atoms with Gasteiger partial charge < -0.3 is 10.0 Å². The van der Waals surface area contributed by atoms with Crippen LogP contribution in [0.2, 0.25) is 0 Å². The van der Waals surface area contributed by atoms with Gasteiger partial charge in [-0.2, -0.15) is 0 Å². The Morgan fingerprint density at radius 1 is 1.44 bits per heavy atom. The number of hydrogen-bond donors (Lipinski definition) is 1. The van der Waals surface area contributed by atoms with Crippen LogP contribution in [0.5, 0.6) is 0 Å². The van der Waals surface area contributed by atoms with Crippen LogP contribution in [-0.4, -0.2) is 35.1 Å². The molecule has 1 aromatic rings. The van der Waals surface area contributed by atoms with Gasteiger partial charge in [-0.25, -0.2) is 0 Å². The van der Waals surface area contributed by atoms with Crippen molar-refractivity contribution in [1.29, 1.82) is 0 Å². The first-order valence-electron chi connectivity index (χ1n) is 5.77. The van der Waals surface area contributed by atoms with E-state index in [1.807, 2.05) is 24.3 Å². The molecule has 1 aliphatic heterocycles. The lowest BCUT2D eigenvalue weighted by molar-refractivity contribution is 0.0765. The van der Waals surface area contributed by atoms with Crippen molar-refractivity contribution in [3.63, 3.8) is 0 Å². The largest absolute Gasteiger partial charge is 0.391 e. The zero-order valence-electron chi connectivity index (χ0n) is 9.52. The van der Waals surface area contributed by atoms with Crippen LogP contribution in [0, 0.1) is 0 Å². The number of aliphatic hydroxyl groups excluding tert-OH is 1. The summed E-state index contributed by atoms with van der Waals surface area (Å²) in [5.41, 5.74) is 1.95. The van der Waals surface area contributed by atoms with Crippen molar-refractivity contribution in [2.24, 2.45) is 0 Å². The average Bonchev–Trinajstić information content (AvgIpc) is 2.75. The van der Waals surface area contributed by atoms with Gasteiger partial charge in [-0.1, -0.05) is 19.1 Å². The summed E-state index contributed by atoms with van der Waals surface area (Å²) >= 11 is 0. The summed E-state index contributed by atoms with van der Waals surface area (Å²) in [4.78, 5) is 13.7. The SMILES string of the molecule is CCc1ccc(C(=O)N2CC[C@@H](O)C2)cc1. The molecule has 0 aliphatic carbocycles. The minimum Gasteiger partial charge on any atom is -0.391 e. The minimum absolute atomic E-state index is 0.0270. The molecule has 0 unspecified atom stereocenters. The van der Waals surface area contributed by atoms with Gasteiger partial charge in [-0.15, -0.1) is 0 Å². The molecule has 1 saturated heterocycles. The van der Waals surface area contributed by atoms with E-state index in [1.165, 1.54) is 5.56 Å². The molecule has 0 spiro atoms. The first kappa shape index (κ1) is 11.1. The topological polar surface area (TPSA) is 40.5 Å². The van der Waals surface area contributed by atoms with Gasteiger partial charge in [0.15, 0.2) is 0 Å². The predicted molar refractivity (Wildman–Crippen MR) is 62.3 cm³/mol. The van der Waals surface area contributed by atoms with Crippen LogP contribution >= 0.6 is 0 Å². The summed E-state index contributed by atoms with van der Waals surface area (Å²) in [6.07, 6.45) is 1.33. The van der Waals surface area contributed by atoms with E-state index < -0.39 is 0 Å². The number of β-amino-alcohol motifs (C(OH)–C–C–N with tert-alkyl or cyclic N) is 1. The van der Waals surface area contributed by atoms with E-state index in [1.54, 1.807) is 4.90 Å². The van der Waals surface area contributed by atoms with Crippen molar-refractivity contribution in [3.8, 4) is 0 Å². The van der Waals surface area contributed by atoms with E-state index in [9.17, 15) is 9.90 Å². The third kappa shape index (κ3) is 2.25. The molecule has 0 radical (unpaired) electrons. The summed E-state index contributed by atoms with van der Waals surface area (Å²) in [6.45, 7) is 3.22. The Morgan fingerprint density at radius 2 is 2.12 bits per heavy atom. The number of hydrogen-bond acceptors (Lipinski definition) is 2. The van der Waals surface area contributed by atoms with Crippen LogP contribution in [-0.2, 0) is 6.42 Å². The number of benzene rings is 1. The summed E-state index contributed by atoms with van der Waals surface area (Å²) in [5, 5.41) is 9.38. The molecule has 0 aromatic heterocycles. The van der Waals surface area contributed by atoms with Crippen LogP contribution in [0.15, 0.2) is 24.3 Å². The normalized spacial score (nSPS) is 20.1. The molecule has 1 aromatic carbocycles. The van der Waals surface area contributed by atoms with Gasteiger partial charge in [0, 0.05) is 18.7 Å². The van der Waals surface area contributed by atoms with Gasteiger partial charge in [0.1, 0.15) is 0 Å². The molecular formula is C13H17NO2. The number of nitrogens with zero attached hydrogens (tertiary/aromatic N) is 1. The van der Waals surface area contributed by atoms with E-state index in [2.05, 4.69) is 6.92 Å². The average molecular weight is 219 g/mol. The van der Waals surface area contributed by atoms with Crippen LogP contribution in [0.25, 0.3) is 0 Å². The molecule has 1 fully saturated rings. The highest BCUT2D eigenvalue weighted by molar-refractivity contribution is 5.94. The molecule has 1 aliphatic rings. The van der Waals surface area contributed by atoms with Crippen molar-refractivity contribution in [3.05, 3.63) is 35.4 Å². The first-order chi connectivity index (χ1) is 7.70. The molecule has 0 saturated carbocycles. The zero-order valence-corrected chi connectivity index (χ0v) is 9.52. The first-order valence-corrected chi connectivity index (χ1v) is 5.77. The zero-order chi connectivity index (χ0) is 11.5. The molecule has 1 amide bonds. The second kappa shape index (κ2) is 4.66. The van der Waals surface area contributed by atoms with Crippen molar-refractivity contribution in [1.82, 2.24) is 4.90 Å². The molecule has 1 N–H and O–H groups in total. The van der Waals surface area contributed by atoms with Gasteiger partial charge in [0.05, 0.1) is 6.10 Å². The van der Waals surface area contributed by atoms with Crippen LogP contribution in [0.1, 0.15) is 29.3 Å². The summed E-state index contributed by atoms with van der Waals surface area (Å²) in [7, 11) is 0. The van der Waals surface area contributed by atoms with Crippen LogP contribution in [0.3, 0.4) is 0 Å².